The van der Waals surface area contributed by atoms with E-state index >= 15 is 0 Å². The number of benzene rings is 1. The summed E-state index contributed by atoms with van der Waals surface area (Å²) in [5.74, 6) is 2.25. The van der Waals surface area contributed by atoms with Gasteiger partial charge in [0.25, 0.3) is 0 Å². The minimum absolute atomic E-state index is 0.868. The minimum atomic E-state index is 0.868. The number of hydrogen-bond acceptors (Lipinski definition) is 3. The number of unbranched alkanes of at least 4 members (excludes halogenated alkanes) is 3. The molecule has 1 N–H and O–H groups in total. The average Bonchev–Trinajstić information content (AvgIpc) is 2.42. The maximum Gasteiger partial charge on any atom is 0.123 e. The van der Waals surface area contributed by atoms with E-state index in [2.05, 4.69) is 33.6 Å². The molecule has 0 unspecified atom stereocenters. The molecule has 0 amide bonds. The number of ether oxygens (including phenoxy) is 1. The first-order valence-electron chi connectivity index (χ1n) is 6.80. The lowest BCUT2D eigenvalue weighted by Gasteiger charge is -2.10. The van der Waals surface area contributed by atoms with Gasteiger partial charge in [-0.15, -0.1) is 0 Å². The van der Waals surface area contributed by atoms with Gasteiger partial charge in [-0.3, -0.25) is 0 Å². The van der Waals surface area contributed by atoms with Crippen LogP contribution in [0.4, 0.5) is 0 Å². The fraction of sp³-hybridized carbons (Fsp3) is 0.600. The Labute approximate surface area is 129 Å². The van der Waals surface area contributed by atoms with Gasteiger partial charge in [0.2, 0.25) is 0 Å². The van der Waals surface area contributed by atoms with E-state index in [1.165, 1.54) is 37.0 Å². The van der Waals surface area contributed by atoms with Crippen LogP contribution in [-0.2, 0) is 6.54 Å². The molecule has 0 aliphatic carbocycles. The first kappa shape index (κ1) is 16.9. The zero-order chi connectivity index (χ0) is 13.9. The van der Waals surface area contributed by atoms with Gasteiger partial charge in [-0.25, -0.2) is 0 Å². The quantitative estimate of drug-likeness (QED) is 0.632. The fourth-order valence-electron chi connectivity index (χ4n) is 1.96. The van der Waals surface area contributed by atoms with Crippen LogP contribution in [0.25, 0.3) is 0 Å². The molecule has 2 nitrogen and oxygen atoms in total. The van der Waals surface area contributed by atoms with Gasteiger partial charge in [-0.2, -0.15) is 11.8 Å². The Balaban J connectivity index is 2.17. The maximum absolute atomic E-state index is 5.36. The number of hydrogen-bond donors (Lipinski definition) is 1. The fourth-order valence-corrected chi connectivity index (χ4v) is 2.86. The smallest absolute Gasteiger partial charge is 0.123 e. The number of methoxy groups -OCH3 is 1. The van der Waals surface area contributed by atoms with E-state index in [9.17, 15) is 0 Å². The van der Waals surface area contributed by atoms with E-state index in [0.29, 0.717) is 0 Å². The molecule has 0 fully saturated rings. The van der Waals surface area contributed by atoms with Crippen molar-refractivity contribution in [1.29, 1.82) is 0 Å². The Bertz CT molecular complexity index is 360. The standard InChI is InChI=1S/C15H24BrNOS/c1-18-15-8-7-14(16)11-13(15)12-17-9-5-3-4-6-10-19-2/h7-8,11,17H,3-6,9-10,12H2,1-2H3. The van der Waals surface area contributed by atoms with Crippen molar-refractivity contribution in [1.82, 2.24) is 5.32 Å². The van der Waals surface area contributed by atoms with Crippen LogP contribution in [-0.4, -0.2) is 25.7 Å². The van der Waals surface area contributed by atoms with Crippen molar-refractivity contribution in [2.24, 2.45) is 0 Å². The van der Waals surface area contributed by atoms with Crippen molar-refractivity contribution < 1.29 is 4.74 Å². The van der Waals surface area contributed by atoms with E-state index < -0.39 is 0 Å². The summed E-state index contributed by atoms with van der Waals surface area (Å²) in [6, 6.07) is 6.13. The first-order chi connectivity index (χ1) is 9.27. The zero-order valence-electron chi connectivity index (χ0n) is 11.9. The largest absolute Gasteiger partial charge is 0.496 e. The molecule has 1 aromatic rings. The molecule has 4 heteroatoms. The Hall–Kier alpha value is -0.190. The van der Waals surface area contributed by atoms with Crippen LogP contribution in [0.1, 0.15) is 31.2 Å². The van der Waals surface area contributed by atoms with Crippen molar-refractivity contribution in [3.8, 4) is 5.75 Å². The third-order valence-electron chi connectivity index (χ3n) is 3.01. The Kier molecular flexibility index (Phi) is 9.39. The lowest BCUT2D eigenvalue weighted by molar-refractivity contribution is 0.407. The molecule has 1 aromatic carbocycles. The summed E-state index contributed by atoms with van der Waals surface area (Å²) in [4.78, 5) is 0. The van der Waals surface area contributed by atoms with Crippen LogP contribution in [0.2, 0.25) is 0 Å². The zero-order valence-corrected chi connectivity index (χ0v) is 14.3. The van der Waals surface area contributed by atoms with E-state index in [0.717, 1.165) is 23.3 Å². The molecule has 0 radical (unpaired) electrons. The molecular weight excluding hydrogens is 322 g/mol. The highest BCUT2D eigenvalue weighted by atomic mass is 79.9. The summed E-state index contributed by atoms with van der Waals surface area (Å²) in [6.07, 6.45) is 7.45. The second kappa shape index (κ2) is 10.6. The summed E-state index contributed by atoms with van der Waals surface area (Å²) in [6.45, 7) is 1.95. The molecule has 0 atom stereocenters. The summed E-state index contributed by atoms with van der Waals surface area (Å²) in [7, 11) is 1.72. The highest BCUT2D eigenvalue weighted by Crippen LogP contribution is 2.22. The van der Waals surface area contributed by atoms with Crippen molar-refractivity contribution in [3.05, 3.63) is 28.2 Å². The van der Waals surface area contributed by atoms with Crippen molar-refractivity contribution in [2.75, 3.05) is 25.7 Å². The molecule has 0 aliphatic rings. The molecule has 0 heterocycles. The molecule has 0 spiro atoms. The molecular formula is C15H24BrNOS. The summed E-state index contributed by atoms with van der Waals surface area (Å²) < 4.78 is 6.46. The van der Waals surface area contributed by atoms with Gasteiger partial charge in [0, 0.05) is 16.6 Å². The highest BCUT2D eigenvalue weighted by molar-refractivity contribution is 9.10. The van der Waals surface area contributed by atoms with Crippen LogP contribution in [0.5, 0.6) is 5.75 Å². The van der Waals surface area contributed by atoms with E-state index in [1.54, 1.807) is 7.11 Å². The van der Waals surface area contributed by atoms with Crippen molar-refractivity contribution in [2.45, 2.75) is 32.2 Å². The second-order valence-electron chi connectivity index (χ2n) is 4.54. The van der Waals surface area contributed by atoms with Gasteiger partial charge in [-0.05, 0) is 49.6 Å². The van der Waals surface area contributed by atoms with E-state index in [4.69, 9.17) is 4.74 Å². The Morgan fingerprint density at radius 2 is 2.00 bits per heavy atom. The van der Waals surface area contributed by atoms with Crippen LogP contribution in [0.15, 0.2) is 22.7 Å². The molecule has 0 aromatic heterocycles. The van der Waals surface area contributed by atoms with E-state index in [-0.39, 0.29) is 0 Å². The lowest BCUT2D eigenvalue weighted by atomic mass is 10.2. The molecule has 19 heavy (non-hydrogen) atoms. The minimum Gasteiger partial charge on any atom is -0.496 e. The maximum atomic E-state index is 5.36. The van der Waals surface area contributed by atoms with Crippen LogP contribution < -0.4 is 10.1 Å². The third kappa shape index (κ3) is 7.23. The van der Waals surface area contributed by atoms with Gasteiger partial charge >= 0.3 is 0 Å². The SMILES string of the molecule is COc1ccc(Br)cc1CNCCCCCCSC. The van der Waals surface area contributed by atoms with Gasteiger partial charge in [-0.1, -0.05) is 28.8 Å². The Morgan fingerprint density at radius 3 is 2.74 bits per heavy atom. The highest BCUT2D eigenvalue weighted by Gasteiger charge is 2.02. The van der Waals surface area contributed by atoms with Crippen LogP contribution >= 0.6 is 27.7 Å². The second-order valence-corrected chi connectivity index (χ2v) is 6.44. The monoisotopic (exact) mass is 345 g/mol. The number of thioether (sulfide) groups is 1. The predicted octanol–water partition coefficient (Wildman–Crippen LogP) is 4.47. The van der Waals surface area contributed by atoms with Gasteiger partial charge in [0.15, 0.2) is 0 Å². The van der Waals surface area contributed by atoms with Crippen LogP contribution in [0.3, 0.4) is 0 Å². The topological polar surface area (TPSA) is 21.3 Å². The van der Waals surface area contributed by atoms with Gasteiger partial charge < -0.3 is 10.1 Å². The molecule has 1 rings (SSSR count). The Morgan fingerprint density at radius 1 is 1.21 bits per heavy atom. The number of rotatable bonds is 10. The van der Waals surface area contributed by atoms with Gasteiger partial charge in [0.1, 0.15) is 5.75 Å². The summed E-state index contributed by atoms with van der Waals surface area (Å²) >= 11 is 5.44. The number of halogens is 1. The summed E-state index contributed by atoms with van der Waals surface area (Å²) in [5.41, 5.74) is 1.21. The average molecular weight is 346 g/mol. The van der Waals surface area contributed by atoms with Crippen molar-refractivity contribution in [3.63, 3.8) is 0 Å². The molecule has 0 saturated heterocycles. The van der Waals surface area contributed by atoms with Crippen molar-refractivity contribution >= 4 is 27.7 Å². The predicted molar refractivity (Wildman–Crippen MR) is 89.3 cm³/mol. The lowest BCUT2D eigenvalue weighted by Crippen LogP contribution is -2.15. The first-order valence-corrected chi connectivity index (χ1v) is 8.98. The van der Waals surface area contributed by atoms with Crippen LogP contribution in [0, 0.1) is 0 Å². The number of nitrogens with one attached hydrogen (secondary N) is 1. The molecule has 0 bridgehead atoms. The summed E-state index contributed by atoms with van der Waals surface area (Å²) in [5, 5.41) is 3.49. The molecule has 108 valence electrons. The molecule has 0 saturated carbocycles. The molecule has 0 aliphatic heterocycles. The third-order valence-corrected chi connectivity index (χ3v) is 4.20. The van der Waals surface area contributed by atoms with E-state index in [1.807, 2.05) is 23.9 Å². The normalized spacial score (nSPS) is 10.7. The van der Waals surface area contributed by atoms with Gasteiger partial charge in [0.05, 0.1) is 7.11 Å².